The molecule has 1 heterocycles. The van der Waals surface area contributed by atoms with Gasteiger partial charge in [0.15, 0.2) is 5.75 Å². The highest BCUT2D eigenvalue weighted by atomic mass is 35.5. The van der Waals surface area contributed by atoms with Crippen LogP contribution in [0.4, 0.5) is 0 Å². The van der Waals surface area contributed by atoms with Crippen molar-refractivity contribution >= 4 is 23.4 Å². The molecule has 0 bridgehead atoms. The van der Waals surface area contributed by atoms with E-state index in [9.17, 15) is 0 Å². The number of rotatable bonds is 6. The average Bonchev–Trinajstić information content (AvgIpc) is 2.26. The summed E-state index contributed by atoms with van der Waals surface area (Å²) in [6.07, 6.45) is 1.97. The highest BCUT2D eigenvalue weighted by molar-refractivity contribution is 7.99. The molecule has 1 atom stereocenters. The Hall–Kier alpha value is -0.410. The van der Waals surface area contributed by atoms with Gasteiger partial charge in [-0.3, -0.25) is 0 Å². The predicted molar refractivity (Wildman–Crippen MR) is 70.6 cm³/mol. The van der Waals surface area contributed by atoms with Gasteiger partial charge in [0.2, 0.25) is 0 Å². The fourth-order valence-corrected chi connectivity index (χ4v) is 2.29. The maximum absolute atomic E-state index is 5.78. The van der Waals surface area contributed by atoms with Gasteiger partial charge in [0, 0.05) is 17.8 Å². The first kappa shape index (κ1) is 13.7. The molecule has 0 aliphatic carbocycles. The summed E-state index contributed by atoms with van der Waals surface area (Å²) in [5.74, 6) is 3.00. The summed E-state index contributed by atoms with van der Waals surface area (Å²) in [7, 11) is 0. The molecule has 0 amide bonds. The molecule has 0 aliphatic rings. The molecule has 1 aromatic heterocycles. The Balaban J connectivity index is 2.63. The van der Waals surface area contributed by atoms with Gasteiger partial charge in [0.25, 0.3) is 0 Å². The van der Waals surface area contributed by atoms with Crippen molar-refractivity contribution in [1.29, 1.82) is 0 Å². The first-order valence-electron chi connectivity index (χ1n) is 5.44. The van der Waals surface area contributed by atoms with Gasteiger partial charge in [-0.15, -0.1) is 23.4 Å². The fraction of sp³-hybridized carbons (Fsp3) is 0.583. The summed E-state index contributed by atoms with van der Waals surface area (Å²) in [6, 6.07) is 3.85. The number of halogens is 1. The molecule has 1 aromatic rings. The Morgan fingerprint density at radius 1 is 1.44 bits per heavy atom. The minimum atomic E-state index is 0.175. The number of aromatic nitrogens is 1. The second kappa shape index (κ2) is 7.02. The van der Waals surface area contributed by atoms with Crippen LogP contribution in [-0.2, 0) is 0 Å². The van der Waals surface area contributed by atoms with Crippen molar-refractivity contribution < 1.29 is 4.74 Å². The number of pyridine rings is 1. The molecule has 0 aliphatic heterocycles. The topological polar surface area (TPSA) is 22.1 Å². The number of hydrogen-bond acceptors (Lipinski definition) is 3. The van der Waals surface area contributed by atoms with E-state index in [0.717, 1.165) is 16.5 Å². The molecular weight excluding hydrogens is 242 g/mol. The quantitative estimate of drug-likeness (QED) is 0.573. The molecule has 16 heavy (non-hydrogen) atoms. The summed E-state index contributed by atoms with van der Waals surface area (Å²) in [6.45, 7) is 6.16. The first-order chi connectivity index (χ1) is 7.63. The van der Waals surface area contributed by atoms with Crippen LogP contribution in [0.3, 0.4) is 0 Å². The summed E-state index contributed by atoms with van der Waals surface area (Å²) >= 11 is 7.48. The monoisotopic (exact) mass is 259 g/mol. The Morgan fingerprint density at radius 3 is 2.81 bits per heavy atom. The molecule has 0 aromatic carbocycles. The van der Waals surface area contributed by atoms with Crippen molar-refractivity contribution in [3.05, 3.63) is 18.3 Å². The zero-order valence-electron chi connectivity index (χ0n) is 9.94. The summed E-state index contributed by atoms with van der Waals surface area (Å²) in [4.78, 5) is 4.33. The van der Waals surface area contributed by atoms with Crippen LogP contribution < -0.4 is 4.74 Å². The molecule has 0 radical (unpaired) electrons. The number of alkyl halides is 1. The third-order valence-electron chi connectivity index (χ3n) is 1.87. The lowest BCUT2D eigenvalue weighted by molar-refractivity contribution is 0.234. The Bertz CT molecular complexity index is 320. The lowest BCUT2D eigenvalue weighted by Gasteiger charge is -2.13. The van der Waals surface area contributed by atoms with E-state index in [2.05, 4.69) is 11.9 Å². The van der Waals surface area contributed by atoms with E-state index in [1.807, 2.05) is 26.0 Å². The van der Waals surface area contributed by atoms with Crippen molar-refractivity contribution in [3.63, 3.8) is 0 Å². The molecule has 1 rings (SSSR count). The first-order valence-corrected chi connectivity index (χ1v) is 6.96. The molecule has 0 saturated carbocycles. The molecule has 0 saturated heterocycles. The Kier molecular flexibility index (Phi) is 5.99. The van der Waals surface area contributed by atoms with Crippen LogP contribution in [0.2, 0.25) is 0 Å². The van der Waals surface area contributed by atoms with Crippen LogP contribution in [0.1, 0.15) is 20.8 Å². The second-order valence-corrected chi connectivity index (χ2v) is 5.36. The molecule has 90 valence electrons. The normalized spacial score (nSPS) is 12.8. The fourth-order valence-electron chi connectivity index (χ4n) is 1.09. The van der Waals surface area contributed by atoms with E-state index >= 15 is 0 Å². The van der Waals surface area contributed by atoms with Gasteiger partial charge in [-0.25, -0.2) is 4.98 Å². The summed E-state index contributed by atoms with van der Waals surface area (Å²) in [5.41, 5.74) is 0. The maximum Gasteiger partial charge on any atom is 0.151 e. The SMILES string of the molecule is CC(CCl)CSc1ncccc1OC(C)C. The minimum Gasteiger partial charge on any atom is -0.488 e. The molecule has 1 unspecified atom stereocenters. The zero-order chi connectivity index (χ0) is 12.0. The summed E-state index contributed by atoms with van der Waals surface area (Å²) < 4.78 is 5.69. The van der Waals surface area contributed by atoms with Crippen molar-refractivity contribution in [2.75, 3.05) is 11.6 Å². The number of hydrogen-bond donors (Lipinski definition) is 0. The van der Waals surface area contributed by atoms with E-state index in [1.54, 1.807) is 18.0 Å². The minimum absolute atomic E-state index is 0.175. The molecule has 0 spiro atoms. The van der Waals surface area contributed by atoms with Crippen molar-refractivity contribution in [3.8, 4) is 5.75 Å². The van der Waals surface area contributed by atoms with Crippen molar-refractivity contribution in [2.24, 2.45) is 5.92 Å². The van der Waals surface area contributed by atoms with Gasteiger partial charge < -0.3 is 4.74 Å². The molecular formula is C12H18ClNOS. The second-order valence-electron chi connectivity index (χ2n) is 4.04. The van der Waals surface area contributed by atoms with Crippen LogP contribution in [0.25, 0.3) is 0 Å². The van der Waals surface area contributed by atoms with Gasteiger partial charge in [0.1, 0.15) is 5.03 Å². The van der Waals surface area contributed by atoms with Crippen molar-refractivity contribution in [2.45, 2.75) is 31.9 Å². The van der Waals surface area contributed by atoms with Gasteiger partial charge in [0.05, 0.1) is 6.10 Å². The van der Waals surface area contributed by atoms with Gasteiger partial charge in [-0.05, 0) is 31.9 Å². The number of nitrogens with zero attached hydrogens (tertiary/aromatic N) is 1. The van der Waals surface area contributed by atoms with Crippen molar-refractivity contribution in [1.82, 2.24) is 4.98 Å². The Labute approximate surface area is 107 Å². The number of ether oxygens (including phenoxy) is 1. The molecule has 4 heteroatoms. The lowest BCUT2D eigenvalue weighted by atomic mass is 10.3. The summed E-state index contributed by atoms with van der Waals surface area (Å²) in [5, 5.41) is 0.952. The van der Waals surface area contributed by atoms with Crippen LogP contribution in [0.15, 0.2) is 23.4 Å². The van der Waals surface area contributed by atoms with Crippen LogP contribution >= 0.6 is 23.4 Å². The van der Waals surface area contributed by atoms with E-state index < -0.39 is 0 Å². The van der Waals surface area contributed by atoms with E-state index in [4.69, 9.17) is 16.3 Å². The van der Waals surface area contributed by atoms with Gasteiger partial charge >= 0.3 is 0 Å². The van der Waals surface area contributed by atoms with Crippen LogP contribution in [0.5, 0.6) is 5.75 Å². The number of thioether (sulfide) groups is 1. The molecule has 2 nitrogen and oxygen atoms in total. The third kappa shape index (κ3) is 4.62. The predicted octanol–water partition coefficient (Wildman–Crippen LogP) is 3.84. The third-order valence-corrected chi connectivity index (χ3v) is 3.71. The highest BCUT2D eigenvalue weighted by Crippen LogP contribution is 2.28. The molecule has 0 fully saturated rings. The van der Waals surface area contributed by atoms with E-state index in [1.165, 1.54) is 0 Å². The standard InChI is InChI=1S/C12H18ClNOS/c1-9(2)15-11-5-4-6-14-12(11)16-8-10(3)7-13/h4-6,9-10H,7-8H2,1-3H3. The van der Waals surface area contributed by atoms with Gasteiger partial charge in [-0.2, -0.15) is 0 Å². The highest BCUT2D eigenvalue weighted by Gasteiger charge is 2.09. The van der Waals surface area contributed by atoms with E-state index in [0.29, 0.717) is 11.8 Å². The maximum atomic E-state index is 5.78. The molecule has 0 N–H and O–H groups in total. The van der Waals surface area contributed by atoms with Crippen LogP contribution in [-0.4, -0.2) is 22.7 Å². The largest absolute Gasteiger partial charge is 0.488 e. The van der Waals surface area contributed by atoms with Crippen LogP contribution in [0, 0.1) is 5.92 Å². The smallest absolute Gasteiger partial charge is 0.151 e. The lowest BCUT2D eigenvalue weighted by Crippen LogP contribution is -2.07. The Morgan fingerprint density at radius 2 is 2.19 bits per heavy atom. The van der Waals surface area contributed by atoms with Gasteiger partial charge in [-0.1, -0.05) is 6.92 Å². The average molecular weight is 260 g/mol. The zero-order valence-corrected chi connectivity index (χ0v) is 11.5. The van der Waals surface area contributed by atoms with E-state index in [-0.39, 0.29) is 6.10 Å².